The summed E-state index contributed by atoms with van der Waals surface area (Å²) in [6.07, 6.45) is 1.34. The smallest absolute Gasteiger partial charge is 0.225 e. The molecular weight excluding hydrogens is 158 g/mol. The molecule has 2 aromatic rings. The standard InChI is InChI=1S/C5H7N7/c6-2-3(7)11-5(8)12-4(2)9-1-10-12/h1H,6-7H2,(H2,8,11). The summed E-state index contributed by atoms with van der Waals surface area (Å²) in [5.74, 6) is 0.349. The Bertz CT molecular complexity index is 431. The van der Waals surface area contributed by atoms with E-state index in [9.17, 15) is 0 Å². The van der Waals surface area contributed by atoms with Crippen LogP contribution in [-0.4, -0.2) is 19.6 Å². The minimum absolute atomic E-state index is 0.174. The van der Waals surface area contributed by atoms with Crippen LogP contribution in [0.4, 0.5) is 17.5 Å². The lowest BCUT2D eigenvalue weighted by atomic mass is 10.5. The van der Waals surface area contributed by atoms with E-state index in [1.54, 1.807) is 0 Å². The number of nitrogens with zero attached hydrogens (tertiary/aromatic N) is 4. The number of fused-ring (bicyclic) bond motifs is 1. The molecule has 6 N–H and O–H groups in total. The number of hydrogen-bond donors (Lipinski definition) is 3. The van der Waals surface area contributed by atoms with Crippen LogP contribution < -0.4 is 17.2 Å². The van der Waals surface area contributed by atoms with E-state index in [4.69, 9.17) is 17.2 Å². The second-order valence-corrected chi connectivity index (χ2v) is 2.26. The van der Waals surface area contributed by atoms with Crippen molar-refractivity contribution in [1.82, 2.24) is 19.6 Å². The van der Waals surface area contributed by atoms with Crippen molar-refractivity contribution in [3.63, 3.8) is 0 Å². The van der Waals surface area contributed by atoms with E-state index < -0.39 is 0 Å². The first-order chi connectivity index (χ1) is 5.70. The third kappa shape index (κ3) is 0.669. The number of anilines is 3. The zero-order chi connectivity index (χ0) is 8.72. The Morgan fingerprint density at radius 3 is 2.75 bits per heavy atom. The van der Waals surface area contributed by atoms with Gasteiger partial charge in [0.25, 0.3) is 0 Å². The first kappa shape index (κ1) is 6.65. The van der Waals surface area contributed by atoms with Gasteiger partial charge in [0, 0.05) is 0 Å². The van der Waals surface area contributed by atoms with Gasteiger partial charge in [0.05, 0.1) is 0 Å². The van der Waals surface area contributed by atoms with Crippen LogP contribution in [0.15, 0.2) is 6.33 Å². The van der Waals surface area contributed by atoms with Gasteiger partial charge in [-0.15, -0.1) is 0 Å². The van der Waals surface area contributed by atoms with E-state index in [-0.39, 0.29) is 11.8 Å². The van der Waals surface area contributed by atoms with Crippen molar-refractivity contribution in [1.29, 1.82) is 0 Å². The molecule has 0 unspecified atom stereocenters. The first-order valence-corrected chi connectivity index (χ1v) is 3.20. The van der Waals surface area contributed by atoms with Crippen LogP contribution >= 0.6 is 0 Å². The molecule has 0 radical (unpaired) electrons. The molecule has 0 aliphatic heterocycles. The van der Waals surface area contributed by atoms with E-state index >= 15 is 0 Å². The van der Waals surface area contributed by atoms with Crippen molar-refractivity contribution in [3.8, 4) is 0 Å². The van der Waals surface area contributed by atoms with Gasteiger partial charge in [0.15, 0.2) is 11.5 Å². The molecule has 0 saturated heterocycles. The highest BCUT2D eigenvalue weighted by atomic mass is 15.3. The molecule has 0 aliphatic rings. The van der Waals surface area contributed by atoms with Gasteiger partial charge in [-0.3, -0.25) is 0 Å². The molecule has 7 nitrogen and oxygen atoms in total. The quantitative estimate of drug-likeness (QED) is 0.454. The fourth-order valence-corrected chi connectivity index (χ4v) is 0.938. The minimum atomic E-state index is 0.174. The number of rotatable bonds is 0. The molecule has 2 aromatic heterocycles. The third-order valence-electron chi connectivity index (χ3n) is 1.52. The molecule has 12 heavy (non-hydrogen) atoms. The number of nitrogen functional groups attached to an aromatic ring is 3. The number of hydrogen-bond acceptors (Lipinski definition) is 6. The summed E-state index contributed by atoms with van der Waals surface area (Å²) in [5, 5.41) is 3.80. The predicted molar refractivity (Wildman–Crippen MR) is 44.0 cm³/mol. The van der Waals surface area contributed by atoms with Crippen molar-refractivity contribution in [2.45, 2.75) is 0 Å². The average Bonchev–Trinajstić information content (AvgIpc) is 2.48. The molecule has 0 fully saturated rings. The lowest BCUT2D eigenvalue weighted by Gasteiger charge is -2.01. The van der Waals surface area contributed by atoms with Gasteiger partial charge >= 0.3 is 0 Å². The highest BCUT2D eigenvalue weighted by Crippen LogP contribution is 2.18. The molecule has 0 spiro atoms. The lowest BCUT2D eigenvalue weighted by Crippen LogP contribution is -2.08. The van der Waals surface area contributed by atoms with Gasteiger partial charge in [-0.05, 0) is 0 Å². The predicted octanol–water partition coefficient (Wildman–Crippen LogP) is -1.13. The van der Waals surface area contributed by atoms with E-state index in [2.05, 4.69) is 15.1 Å². The highest BCUT2D eigenvalue weighted by molar-refractivity contribution is 5.76. The normalized spacial score (nSPS) is 10.7. The summed E-state index contributed by atoms with van der Waals surface area (Å²) in [5.41, 5.74) is 17.2. The van der Waals surface area contributed by atoms with Crippen LogP contribution in [0.1, 0.15) is 0 Å². The van der Waals surface area contributed by atoms with Gasteiger partial charge < -0.3 is 17.2 Å². The fourth-order valence-electron chi connectivity index (χ4n) is 0.938. The highest BCUT2D eigenvalue weighted by Gasteiger charge is 2.08. The molecule has 62 valence electrons. The second-order valence-electron chi connectivity index (χ2n) is 2.26. The maximum Gasteiger partial charge on any atom is 0.225 e. The summed E-state index contributed by atoms with van der Waals surface area (Å²) in [6, 6.07) is 0. The second kappa shape index (κ2) is 1.97. The van der Waals surface area contributed by atoms with Crippen molar-refractivity contribution < 1.29 is 0 Å². The Labute approximate surface area is 67.2 Å². The molecule has 0 bridgehead atoms. The Morgan fingerprint density at radius 1 is 1.25 bits per heavy atom. The minimum Gasteiger partial charge on any atom is -0.393 e. The SMILES string of the molecule is Nc1nc(N)n2ncnc2c1N. The summed E-state index contributed by atoms with van der Waals surface area (Å²) in [4.78, 5) is 7.63. The summed E-state index contributed by atoms with van der Waals surface area (Å²) in [6.45, 7) is 0. The van der Waals surface area contributed by atoms with Gasteiger partial charge in [0.2, 0.25) is 5.95 Å². The molecule has 0 saturated carbocycles. The van der Waals surface area contributed by atoms with Gasteiger partial charge in [-0.2, -0.15) is 14.6 Å². The zero-order valence-electron chi connectivity index (χ0n) is 6.10. The Balaban J connectivity index is 2.97. The number of nitrogens with two attached hydrogens (primary N) is 3. The first-order valence-electron chi connectivity index (χ1n) is 3.20. The Kier molecular flexibility index (Phi) is 1.09. The van der Waals surface area contributed by atoms with Crippen LogP contribution in [-0.2, 0) is 0 Å². The molecule has 2 rings (SSSR count). The summed E-state index contributed by atoms with van der Waals surface area (Å²) >= 11 is 0. The fraction of sp³-hybridized carbons (Fsp3) is 0. The average molecular weight is 165 g/mol. The number of aromatic nitrogens is 4. The van der Waals surface area contributed by atoms with Crippen molar-refractivity contribution in [3.05, 3.63) is 6.33 Å². The maximum absolute atomic E-state index is 5.57. The van der Waals surface area contributed by atoms with Crippen LogP contribution in [0.25, 0.3) is 5.65 Å². The summed E-state index contributed by atoms with van der Waals surface area (Å²) in [7, 11) is 0. The van der Waals surface area contributed by atoms with E-state index in [0.717, 1.165) is 0 Å². The lowest BCUT2D eigenvalue weighted by molar-refractivity contribution is 0.943. The van der Waals surface area contributed by atoms with Gasteiger partial charge in [-0.1, -0.05) is 0 Å². The topological polar surface area (TPSA) is 121 Å². The van der Waals surface area contributed by atoms with Gasteiger partial charge in [0.1, 0.15) is 12.0 Å². The van der Waals surface area contributed by atoms with E-state index in [0.29, 0.717) is 11.3 Å². The summed E-state index contributed by atoms with van der Waals surface area (Å²) < 4.78 is 1.33. The monoisotopic (exact) mass is 165 g/mol. The Morgan fingerprint density at radius 2 is 2.00 bits per heavy atom. The molecule has 2 heterocycles. The van der Waals surface area contributed by atoms with Gasteiger partial charge in [-0.25, -0.2) is 4.98 Å². The molecule has 0 aliphatic carbocycles. The van der Waals surface area contributed by atoms with Crippen LogP contribution in [0.5, 0.6) is 0 Å². The zero-order valence-corrected chi connectivity index (χ0v) is 6.10. The maximum atomic E-state index is 5.57. The van der Waals surface area contributed by atoms with Crippen LogP contribution in [0, 0.1) is 0 Å². The Hall–Kier alpha value is -2.05. The van der Waals surface area contributed by atoms with Crippen molar-refractivity contribution >= 4 is 23.1 Å². The van der Waals surface area contributed by atoms with Crippen LogP contribution in [0.2, 0.25) is 0 Å². The largest absolute Gasteiger partial charge is 0.393 e. The van der Waals surface area contributed by atoms with Crippen molar-refractivity contribution in [2.75, 3.05) is 17.2 Å². The third-order valence-corrected chi connectivity index (χ3v) is 1.52. The molecule has 0 atom stereocenters. The van der Waals surface area contributed by atoms with Crippen molar-refractivity contribution in [2.24, 2.45) is 0 Å². The molecule has 7 heteroatoms. The molecular formula is C5H7N7. The van der Waals surface area contributed by atoms with Crippen LogP contribution in [0.3, 0.4) is 0 Å². The molecule has 0 amide bonds. The van der Waals surface area contributed by atoms with E-state index in [1.807, 2.05) is 0 Å². The van der Waals surface area contributed by atoms with E-state index in [1.165, 1.54) is 10.8 Å². The molecule has 0 aromatic carbocycles.